The first-order valence-electron chi connectivity index (χ1n) is 5.08. The highest BCUT2D eigenvalue weighted by Gasteiger charge is 2.03. The number of hydrogen-bond donors (Lipinski definition) is 1. The van der Waals surface area contributed by atoms with E-state index in [1.807, 2.05) is 49.4 Å². The molecule has 0 heterocycles. The molecule has 0 bridgehead atoms. The Bertz CT molecular complexity index is 491. The van der Waals surface area contributed by atoms with Gasteiger partial charge in [0.2, 0.25) is 0 Å². The van der Waals surface area contributed by atoms with Gasteiger partial charge >= 0.3 is 0 Å². The Balaban J connectivity index is 0.00000128. The number of carbonyl (C=O) groups excluding carboxylic acids is 1. The van der Waals surface area contributed by atoms with Gasteiger partial charge in [0, 0.05) is 12.1 Å². The van der Waals surface area contributed by atoms with Crippen LogP contribution in [0.5, 0.6) is 0 Å². The van der Waals surface area contributed by atoms with E-state index in [4.69, 9.17) is 0 Å². The SMILES string of the molecule is C.CCNC(=O)c1ccc2ccccc2c1. The lowest BCUT2D eigenvalue weighted by Crippen LogP contribution is -2.22. The Hall–Kier alpha value is -1.83. The zero-order chi connectivity index (χ0) is 10.7. The van der Waals surface area contributed by atoms with Crippen molar-refractivity contribution in [2.24, 2.45) is 0 Å². The number of hydrogen-bond acceptors (Lipinski definition) is 1. The largest absolute Gasteiger partial charge is 0.352 e. The van der Waals surface area contributed by atoms with Crippen LogP contribution < -0.4 is 5.32 Å². The highest BCUT2D eigenvalue weighted by atomic mass is 16.1. The standard InChI is InChI=1S/C13H13NO.CH4/c1-2-14-13(15)12-8-7-10-5-3-4-6-11(10)9-12;/h3-9H,2H2,1H3,(H,14,15);1H4. The van der Waals surface area contributed by atoms with E-state index in [0.29, 0.717) is 6.54 Å². The summed E-state index contributed by atoms with van der Waals surface area (Å²) >= 11 is 0. The van der Waals surface area contributed by atoms with Crippen molar-refractivity contribution in [2.45, 2.75) is 14.4 Å². The molecule has 0 aliphatic heterocycles. The minimum absolute atomic E-state index is 0. The van der Waals surface area contributed by atoms with Crippen LogP contribution in [0.4, 0.5) is 0 Å². The third-order valence-electron chi connectivity index (χ3n) is 2.35. The van der Waals surface area contributed by atoms with Gasteiger partial charge in [-0.2, -0.15) is 0 Å². The first-order valence-corrected chi connectivity index (χ1v) is 5.08. The number of benzene rings is 2. The van der Waals surface area contributed by atoms with Crippen molar-refractivity contribution in [3.63, 3.8) is 0 Å². The molecule has 1 amide bonds. The Labute approximate surface area is 96.3 Å². The van der Waals surface area contributed by atoms with Crippen LogP contribution in [0, 0.1) is 0 Å². The summed E-state index contributed by atoms with van der Waals surface area (Å²) in [7, 11) is 0. The Morgan fingerprint density at radius 3 is 2.50 bits per heavy atom. The van der Waals surface area contributed by atoms with Crippen LogP contribution in [-0.2, 0) is 0 Å². The molecule has 0 aliphatic carbocycles. The zero-order valence-electron chi connectivity index (χ0n) is 8.66. The number of nitrogens with one attached hydrogen (secondary N) is 1. The van der Waals surface area contributed by atoms with Crippen molar-refractivity contribution in [3.05, 3.63) is 48.0 Å². The van der Waals surface area contributed by atoms with E-state index in [2.05, 4.69) is 5.32 Å². The molecule has 0 radical (unpaired) electrons. The lowest BCUT2D eigenvalue weighted by atomic mass is 10.1. The fourth-order valence-electron chi connectivity index (χ4n) is 1.59. The molecular formula is C14H17NO. The van der Waals surface area contributed by atoms with E-state index >= 15 is 0 Å². The molecule has 0 fully saturated rings. The maximum Gasteiger partial charge on any atom is 0.251 e. The predicted octanol–water partition coefficient (Wildman–Crippen LogP) is 3.23. The molecule has 0 saturated carbocycles. The van der Waals surface area contributed by atoms with Crippen LogP contribution >= 0.6 is 0 Å². The van der Waals surface area contributed by atoms with E-state index in [-0.39, 0.29) is 13.3 Å². The number of rotatable bonds is 2. The van der Waals surface area contributed by atoms with Gasteiger partial charge in [-0.05, 0) is 29.8 Å². The van der Waals surface area contributed by atoms with E-state index in [1.165, 1.54) is 0 Å². The normalized spacial score (nSPS) is 9.56. The number of amides is 1. The van der Waals surface area contributed by atoms with E-state index < -0.39 is 0 Å². The van der Waals surface area contributed by atoms with Crippen molar-refractivity contribution in [2.75, 3.05) is 6.54 Å². The van der Waals surface area contributed by atoms with Crippen LogP contribution in [0.25, 0.3) is 10.8 Å². The molecule has 2 nitrogen and oxygen atoms in total. The van der Waals surface area contributed by atoms with Gasteiger partial charge in [0.1, 0.15) is 0 Å². The summed E-state index contributed by atoms with van der Waals surface area (Å²) in [5, 5.41) is 5.04. The smallest absolute Gasteiger partial charge is 0.251 e. The molecule has 0 aromatic heterocycles. The third kappa shape index (κ3) is 2.40. The molecular weight excluding hydrogens is 198 g/mol. The quantitative estimate of drug-likeness (QED) is 0.818. The molecule has 0 atom stereocenters. The molecule has 0 aliphatic rings. The number of carbonyl (C=O) groups is 1. The molecule has 0 unspecified atom stereocenters. The van der Waals surface area contributed by atoms with Gasteiger partial charge in [0.15, 0.2) is 0 Å². The van der Waals surface area contributed by atoms with E-state index in [9.17, 15) is 4.79 Å². The predicted molar refractivity (Wildman–Crippen MR) is 68.7 cm³/mol. The van der Waals surface area contributed by atoms with Crippen LogP contribution in [0.15, 0.2) is 42.5 Å². The molecule has 2 rings (SSSR count). The second-order valence-electron chi connectivity index (χ2n) is 3.42. The monoisotopic (exact) mass is 215 g/mol. The van der Waals surface area contributed by atoms with E-state index in [0.717, 1.165) is 16.3 Å². The minimum atomic E-state index is -0.0109. The van der Waals surface area contributed by atoms with Gasteiger partial charge in [0.25, 0.3) is 5.91 Å². The topological polar surface area (TPSA) is 29.1 Å². The van der Waals surface area contributed by atoms with Gasteiger partial charge in [-0.25, -0.2) is 0 Å². The maximum atomic E-state index is 11.6. The lowest BCUT2D eigenvalue weighted by molar-refractivity contribution is 0.0956. The first kappa shape index (κ1) is 12.2. The zero-order valence-corrected chi connectivity index (χ0v) is 8.66. The fraction of sp³-hybridized carbons (Fsp3) is 0.214. The van der Waals surface area contributed by atoms with Crippen LogP contribution in [0.3, 0.4) is 0 Å². The molecule has 2 heteroatoms. The van der Waals surface area contributed by atoms with Crippen molar-refractivity contribution in [1.29, 1.82) is 0 Å². The first-order chi connectivity index (χ1) is 7.31. The van der Waals surface area contributed by atoms with Crippen LogP contribution in [-0.4, -0.2) is 12.5 Å². The van der Waals surface area contributed by atoms with Crippen LogP contribution in [0.1, 0.15) is 24.7 Å². The van der Waals surface area contributed by atoms with Crippen molar-refractivity contribution >= 4 is 16.7 Å². The molecule has 16 heavy (non-hydrogen) atoms. The summed E-state index contributed by atoms with van der Waals surface area (Å²) in [6.07, 6.45) is 0. The van der Waals surface area contributed by atoms with Gasteiger partial charge in [-0.1, -0.05) is 37.8 Å². The number of fused-ring (bicyclic) bond motifs is 1. The van der Waals surface area contributed by atoms with Crippen molar-refractivity contribution < 1.29 is 4.79 Å². The molecule has 2 aromatic rings. The van der Waals surface area contributed by atoms with Gasteiger partial charge in [-0.15, -0.1) is 0 Å². The molecule has 2 aromatic carbocycles. The summed E-state index contributed by atoms with van der Waals surface area (Å²) < 4.78 is 0. The van der Waals surface area contributed by atoms with Crippen LogP contribution in [0.2, 0.25) is 0 Å². The third-order valence-corrected chi connectivity index (χ3v) is 2.35. The second kappa shape index (κ2) is 5.31. The Morgan fingerprint density at radius 1 is 1.12 bits per heavy atom. The highest BCUT2D eigenvalue weighted by Crippen LogP contribution is 2.15. The average Bonchev–Trinajstić information content (AvgIpc) is 2.29. The van der Waals surface area contributed by atoms with Gasteiger partial charge < -0.3 is 5.32 Å². The highest BCUT2D eigenvalue weighted by molar-refractivity contribution is 5.98. The molecule has 84 valence electrons. The molecule has 0 saturated heterocycles. The fourth-order valence-corrected chi connectivity index (χ4v) is 1.59. The minimum Gasteiger partial charge on any atom is -0.352 e. The van der Waals surface area contributed by atoms with Gasteiger partial charge in [-0.3, -0.25) is 4.79 Å². The summed E-state index contributed by atoms with van der Waals surface area (Å²) in [6.45, 7) is 2.57. The molecule has 1 N–H and O–H groups in total. The average molecular weight is 215 g/mol. The summed E-state index contributed by atoms with van der Waals surface area (Å²) in [5.74, 6) is -0.0109. The summed E-state index contributed by atoms with van der Waals surface area (Å²) in [4.78, 5) is 11.6. The lowest BCUT2D eigenvalue weighted by Gasteiger charge is -2.03. The Morgan fingerprint density at radius 2 is 1.81 bits per heavy atom. The van der Waals surface area contributed by atoms with Gasteiger partial charge in [0.05, 0.1) is 0 Å². The van der Waals surface area contributed by atoms with E-state index in [1.54, 1.807) is 0 Å². The summed E-state index contributed by atoms with van der Waals surface area (Å²) in [6, 6.07) is 13.8. The second-order valence-corrected chi connectivity index (χ2v) is 3.42. The Kier molecular flexibility index (Phi) is 4.06. The van der Waals surface area contributed by atoms with Crippen molar-refractivity contribution in [3.8, 4) is 0 Å². The summed E-state index contributed by atoms with van der Waals surface area (Å²) in [5.41, 5.74) is 0.718. The van der Waals surface area contributed by atoms with Crippen molar-refractivity contribution in [1.82, 2.24) is 5.32 Å². The maximum absolute atomic E-state index is 11.6. The molecule has 0 spiro atoms.